The Kier molecular flexibility index (Phi) is 4.28. The second-order valence-corrected chi connectivity index (χ2v) is 4.57. The lowest BCUT2D eigenvalue weighted by molar-refractivity contribution is 0.0601. The van der Waals surface area contributed by atoms with Crippen LogP contribution in [0.2, 0.25) is 0 Å². The Morgan fingerprint density at radius 2 is 1.95 bits per heavy atom. The molecule has 0 atom stereocenters. The van der Waals surface area contributed by atoms with Crippen LogP contribution in [-0.2, 0) is 11.8 Å². The highest BCUT2D eigenvalue weighted by molar-refractivity contribution is 5.98. The number of methoxy groups -OCH3 is 2. The van der Waals surface area contributed by atoms with Crippen LogP contribution in [0.1, 0.15) is 15.9 Å². The van der Waals surface area contributed by atoms with E-state index in [1.165, 1.54) is 31.0 Å². The first-order valence-corrected chi connectivity index (χ1v) is 6.39. The summed E-state index contributed by atoms with van der Waals surface area (Å²) >= 11 is 0. The molecule has 0 aliphatic heterocycles. The highest BCUT2D eigenvalue weighted by Crippen LogP contribution is 2.32. The zero-order valence-electron chi connectivity index (χ0n) is 12.4. The van der Waals surface area contributed by atoms with Crippen molar-refractivity contribution in [3.05, 3.63) is 51.9 Å². The van der Waals surface area contributed by atoms with Crippen LogP contribution in [0, 0.1) is 11.3 Å². The average Bonchev–Trinajstić information content (AvgIpc) is 2.55. The number of carbonyl (C=O) groups excluding carboxylic acids is 1. The number of esters is 1. The van der Waals surface area contributed by atoms with Gasteiger partial charge in [-0.2, -0.15) is 5.26 Å². The Morgan fingerprint density at radius 3 is 2.55 bits per heavy atom. The Morgan fingerprint density at radius 1 is 1.23 bits per heavy atom. The van der Waals surface area contributed by atoms with E-state index in [2.05, 4.69) is 0 Å². The van der Waals surface area contributed by atoms with Crippen LogP contribution in [0.3, 0.4) is 0 Å². The van der Waals surface area contributed by atoms with Crippen molar-refractivity contribution in [2.24, 2.45) is 7.05 Å². The number of aromatic nitrogens is 1. The van der Waals surface area contributed by atoms with E-state index >= 15 is 0 Å². The predicted molar refractivity (Wildman–Crippen MR) is 79.7 cm³/mol. The van der Waals surface area contributed by atoms with Gasteiger partial charge >= 0.3 is 5.97 Å². The summed E-state index contributed by atoms with van der Waals surface area (Å²) in [6.07, 6.45) is 1.52. The number of hydrogen-bond acceptors (Lipinski definition) is 5. The smallest absolute Gasteiger partial charge is 0.338 e. The van der Waals surface area contributed by atoms with E-state index in [9.17, 15) is 9.59 Å². The van der Waals surface area contributed by atoms with Crippen molar-refractivity contribution in [3.8, 4) is 22.9 Å². The van der Waals surface area contributed by atoms with Gasteiger partial charge < -0.3 is 14.0 Å². The van der Waals surface area contributed by atoms with E-state index < -0.39 is 5.97 Å². The molecule has 2 aromatic rings. The zero-order valence-corrected chi connectivity index (χ0v) is 12.4. The number of carbonyl (C=O) groups is 1. The third kappa shape index (κ3) is 2.69. The molecule has 1 heterocycles. The Bertz CT molecular complexity index is 831. The second-order valence-electron chi connectivity index (χ2n) is 4.57. The maximum atomic E-state index is 11.9. The summed E-state index contributed by atoms with van der Waals surface area (Å²) in [4.78, 5) is 23.7. The third-order valence-corrected chi connectivity index (χ3v) is 3.25. The molecule has 112 valence electrons. The first-order valence-electron chi connectivity index (χ1n) is 6.39. The lowest BCUT2D eigenvalue weighted by Crippen LogP contribution is -2.19. The SMILES string of the molecule is COC(=O)c1cc(=O)n(C)cc1-c1cc(C#N)ccc1OC. The number of pyridine rings is 1. The van der Waals surface area contributed by atoms with Crippen LogP contribution in [0.15, 0.2) is 35.3 Å². The number of nitrogens with zero attached hydrogens (tertiary/aromatic N) is 2. The van der Waals surface area contributed by atoms with Gasteiger partial charge in [-0.05, 0) is 18.2 Å². The van der Waals surface area contributed by atoms with Gasteiger partial charge in [0.05, 0.1) is 31.4 Å². The van der Waals surface area contributed by atoms with Gasteiger partial charge in [-0.25, -0.2) is 4.79 Å². The van der Waals surface area contributed by atoms with Gasteiger partial charge in [-0.3, -0.25) is 4.79 Å². The summed E-state index contributed by atoms with van der Waals surface area (Å²) in [6, 6.07) is 8.10. The standard InChI is InChI=1S/C16H14N2O4/c1-18-9-13(12(7-15(18)19)16(20)22-3)11-6-10(8-17)4-5-14(11)21-2/h4-7,9H,1-3H3. The van der Waals surface area contributed by atoms with E-state index in [0.717, 1.165) is 0 Å². The van der Waals surface area contributed by atoms with Crippen LogP contribution >= 0.6 is 0 Å². The minimum absolute atomic E-state index is 0.124. The van der Waals surface area contributed by atoms with Crippen molar-refractivity contribution in [3.63, 3.8) is 0 Å². The van der Waals surface area contributed by atoms with Gasteiger partial charge in [-0.15, -0.1) is 0 Å². The number of aryl methyl sites for hydroxylation is 1. The molecule has 0 aliphatic rings. The fourth-order valence-corrected chi connectivity index (χ4v) is 2.11. The van der Waals surface area contributed by atoms with Crippen molar-refractivity contribution in [2.45, 2.75) is 0 Å². The molecule has 1 aromatic carbocycles. The number of rotatable bonds is 3. The molecule has 0 unspecified atom stereocenters. The van der Waals surface area contributed by atoms with Crippen molar-refractivity contribution in [1.29, 1.82) is 5.26 Å². The molecule has 0 spiro atoms. The summed E-state index contributed by atoms with van der Waals surface area (Å²) in [5.74, 6) is -0.139. The molecule has 0 saturated heterocycles. The highest BCUT2D eigenvalue weighted by atomic mass is 16.5. The monoisotopic (exact) mass is 298 g/mol. The fraction of sp³-hybridized carbons (Fsp3) is 0.188. The number of nitriles is 1. The largest absolute Gasteiger partial charge is 0.496 e. The van der Waals surface area contributed by atoms with E-state index in [-0.39, 0.29) is 11.1 Å². The highest BCUT2D eigenvalue weighted by Gasteiger charge is 2.18. The van der Waals surface area contributed by atoms with Crippen molar-refractivity contribution in [1.82, 2.24) is 4.57 Å². The molecular formula is C16H14N2O4. The molecule has 0 aliphatic carbocycles. The Hall–Kier alpha value is -3.07. The maximum Gasteiger partial charge on any atom is 0.338 e. The Balaban J connectivity index is 2.82. The molecule has 0 radical (unpaired) electrons. The number of benzene rings is 1. The van der Waals surface area contributed by atoms with Gasteiger partial charge in [-0.1, -0.05) is 0 Å². The van der Waals surface area contributed by atoms with E-state index in [4.69, 9.17) is 14.7 Å². The van der Waals surface area contributed by atoms with Gasteiger partial charge in [0.2, 0.25) is 0 Å². The van der Waals surface area contributed by atoms with Crippen LogP contribution in [0.25, 0.3) is 11.1 Å². The molecule has 0 bridgehead atoms. The van der Waals surface area contributed by atoms with Crippen molar-refractivity contribution in [2.75, 3.05) is 14.2 Å². The third-order valence-electron chi connectivity index (χ3n) is 3.25. The molecule has 1 aromatic heterocycles. The molecule has 22 heavy (non-hydrogen) atoms. The fourth-order valence-electron chi connectivity index (χ4n) is 2.11. The van der Waals surface area contributed by atoms with Crippen LogP contribution in [-0.4, -0.2) is 24.8 Å². The summed E-state index contributed by atoms with van der Waals surface area (Å²) in [6.45, 7) is 0. The quantitative estimate of drug-likeness (QED) is 0.806. The lowest BCUT2D eigenvalue weighted by Gasteiger charge is -2.13. The maximum absolute atomic E-state index is 11.9. The molecular weight excluding hydrogens is 284 g/mol. The first-order chi connectivity index (χ1) is 10.5. The topological polar surface area (TPSA) is 81.3 Å². The van der Waals surface area contributed by atoms with Crippen molar-refractivity contribution >= 4 is 5.97 Å². The second kappa shape index (κ2) is 6.14. The molecule has 0 fully saturated rings. The van der Waals surface area contributed by atoms with E-state index in [1.54, 1.807) is 25.2 Å². The average molecular weight is 298 g/mol. The molecule has 0 N–H and O–H groups in total. The molecule has 6 heteroatoms. The van der Waals surface area contributed by atoms with Crippen LogP contribution < -0.4 is 10.3 Å². The van der Waals surface area contributed by atoms with Crippen LogP contribution in [0.4, 0.5) is 0 Å². The summed E-state index contributed by atoms with van der Waals surface area (Å²) in [7, 11) is 4.31. The Labute approximate surface area is 127 Å². The van der Waals surface area contributed by atoms with Gasteiger partial charge in [0.15, 0.2) is 0 Å². The van der Waals surface area contributed by atoms with E-state index in [0.29, 0.717) is 22.4 Å². The minimum atomic E-state index is -0.628. The lowest BCUT2D eigenvalue weighted by atomic mass is 9.99. The summed E-state index contributed by atoms with van der Waals surface area (Å²) in [5.41, 5.74) is 1.21. The normalized spacial score (nSPS) is 9.91. The van der Waals surface area contributed by atoms with E-state index in [1.807, 2.05) is 6.07 Å². The van der Waals surface area contributed by atoms with Crippen molar-refractivity contribution < 1.29 is 14.3 Å². The summed E-state index contributed by atoms with van der Waals surface area (Å²) < 4.78 is 11.4. The van der Waals surface area contributed by atoms with Crippen LogP contribution in [0.5, 0.6) is 5.75 Å². The molecule has 0 saturated carbocycles. The summed E-state index contributed by atoms with van der Waals surface area (Å²) in [5, 5.41) is 9.06. The zero-order chi connectivity index (χ0) is 16.3. The molecule has 0 amide bonds. The van der Waals surface area contributed by atoms with Gasteiger partial charge in [0.25, 0.3) is 5.56 Å². The predicted octanol–water partition coefficient (Wildman–Crippen LogP) is 1.72. The molecule has 2 rings (SSSR count). The molecule has 6 nitrogen and oxygen atoms in total. The van der Waals surface area contributed by atoms with Gasteiger partial charge in [0, 0.05) is 30.4 Å². The first kappa shape index (κ1) is 15.3. The number of hydrogen-bond donors (Lipinski definition) is 0. The number of ether oxygens (including phenoxy) is 2. The minimum Gasteiger partial charge on any atom is -0.496 e. The van der Waals surface area contributed by atoms with Gasteiger partial charge in [0.1, 0.15) is 5.75 Å².